The lowest BCUT2D eigenvalue weighted by Gasteiger charge is -2.11. The molecule has 0 radical (unpaired) electrons. The van der Waals surface area contributed by atoms with E-state index < -0.39 is 11.2 Å². The molecule has 2 N–H and O–H groups in total. The number of carbonyl (C=O) groups excluding carboxylic acids is 1. The average molecular weight is 409 g/mol. The molecule has 1 amide bonds. The zero-order chi connectivity index (χ0) is 21.1. The minimum Gasteiger partial charge on any atom is -0.497 e. The van der Waals surface area contributed by atoms with Gasteiger partial charge in [-0.05, 0) is 48.7 Å². The summed E-state index contributed by atoms with van der Waals surface area (Å²) in [5.74, 6) is 0.430. The number of benzene rings is 2. The molecule has 8 heteroatoms. The number of amides is 1. The standard InChI is InChI=1S/C22H23N3O5/c1-29-16-7-4-14(5-8-16)13-25-21(27)18-9-6-15(11-19(18)24-22(25)28)20(26)23-12-17-3-2-10-30-17/h4-9,11,17H,2-3,10,12-13H2,1H3,(H,23,26)(H,24,28)/t17-/m1/s1. The van der Waals surface area contributed by atoms with E-state index in [0.717, 1.165) is 29.6 Å². The third-order valence-corrected chi connectivity index (χ3v) is 5.26. The fourth-order valence-electron chi connectivity index (χ4n) is 3.57. The highest BCUT2D eigenvalue weighted by molar-refractivity contribution is 5.97. The van der Waals surface area contributed by atoms with E-state index in [0.29, 0.717) is 28.8 Å². The van der Waals surface area contributed by atoms with Crippen LogP contribution in [0.1, 0.15) is 28.8 Å². The summed E-state index contributed by atoms with van der Waals surface area (Å²) in [7, 11) is 1.57. The van der Waals surface area contributed by atoms with Gasteiger partial charge in [0.25, 0.3) is 11.5 Å². The number of carbonyl (C=O) groups is 1. The summed E-state index contributed by atoms with van der Waals surface area (Å²) in [6.45, 7) is 1.30. The Bertz CT molecular complexity index is 1170. The maximum Gasteiger partial charge on any atom is 0.329 e. The topological polar surface area (TPSA) is 102 Å². The number of aromatic amines is 1. The van der Waals surface area contributed by atoms with Crippen molar-refractivity contribution < 1.29 is 14.3 Å². The van der Waals surface area contributed by atoms with E-state index in [-0.39, 0.29) is 18.6 Å². The number of hydrogen-bond donors (Lipinski definition) is 2. The minimum absolute atomic E-state index is 0.0411. The molecule has 4 rings (SSSR count). The Hall–Kier alpha value is -3.39. The van der Waals surface area contributed by atoms with Gasteiger partial charge in [0, 0.05) is 18.7 Å². The third kappa shape index (κ3) is 4.13. The Morgan fingerprint density at radius 1 is 1.23 bits per heavy atom. The van der Waals surface area contributed by atoms with E-state index >= 15 is 0 Å². The van der Waals surface area contributed by atoms with Crippen LogP contribution >= 0.6 is 0 Å². The Balaban J connectivity index is 1.57. The summed E-state index contributed by atoms with van der Waals surface area (Å²) < 4.78 is 11.8. The molecule has 1 atom stereocenters. The number of rotatable bonds is 6. The summed E-state index contributed by atoms with van der Waals surface area (Å²) in [4.78, 5) is 40.5. The van der Waals surface area contributed by atoms with Crippen LogP contribution in [0, 0.1) is 0 Å². The van der Waals surface area contributed by atoms with Crippen molar-refractivity contribution in [1.29, 1.82) is 0 Å². The fourth-order valence-corrected chi connectivity index (χ4v) is 3.57. The lowest BCUT2D eigenvalue weighted by molar-refractivity contribution is 0.0858. The van der Waals surface area contributed by atoms with Gasteiger partial charge in [-0.25, -0.2) is 4.79 Å². The monoisotopic (exact) mass is 409 g/mol. The largest absolute Gasteiger partial charge is 0.497 e. The Morgan fingerprint density at radius 2 is 2.03 bits per heavy atom. The van der Waals surface area contributed by atoms with Gasteiger partial charge in [-0.15, -0.1) is 0 Å². The molecule has 2 heterocycles. The van der Waals surface area contributed by atoms with Crippen LogP contribution in [-0.4, -0.2) is 41.8 Å². The maximum atomic E-state index is 12.9. The number of nitrogens with zero attached hydrogens (tertiary/aromatic N) is 1. The molecule has 0 spiro atoms. The van der Waals surface area contributed by atoms with Crippen LogP contribution in [-0.2, 0) is 11.3 Å². The summed E-state index contributed by atoms with van der Waals surface area (Å²) in [6.07, 6.45) is 1.97. The van der Waals surface area contributed by atoms with Gasteiger partial charge in [-0.2, -0.15) is 0 Å². The van der Waals surface area contributed by atoms with Crippen molar-refractivity contribution >= 4 is 16.8 Å². The molecular weight excluding hydrogens is 386 g/mol. The summed E-state index contributed by atoms with van der Waals surface area (Å²) in [5, 5.41) is 3.18. The predicted octanol–water partition coefficient (Wildman–Crippen LogP) is 1.66. The average Bonchev–Trinajstić information content (AvgIpc) is 3.28. The number of ether oxygens (including phenoxy) is 2. The quantitative estimate of drug-likeness (QED) is 0.645. The van der Waals surface area contributed by atoms with Crippen molar-refractivity contribution in [3.63, 3.8) is 0 Å². The van der Waals surface area contributed by atoms with E-state index in [2.05, 4.69) is 10.3 Å². The number of hydrogen-bond acceptors (Lipinski definition) is 5. The van der Waals surface area contributed by atoms with Crippen LogP contribution in [0.4, 0.5) is 0 Å². The first kappa shape index (κ1) is 19.9. The molecule has 0 unspecified atom stereocenters. The van der Waals surface area contributed by atoms with Gasteiger partial charge in [0.15, 0.2) is 0 Å². The van der Waals surface area contributed by atoms with Crippen molar-refractivity contribution in [2.75, 3.05) is 20.3 Å². The SMILES string of the molecule is COc1ccc(Cn2c(=O)[nH]c3cc(C(=O)NC[C@H]4CCCO4)ccc3c2=O)cc1. The lowest BCUT2D eigenvalue weighted by atomic mass is 10.1. The molecule has 30 heavy (non-hydrogen) atoms. The minimum atomic E-state index is -0.528. The van der Waals surface area contributed by atoms with Crippen molar-refractivity contribution in [2.24, 2.45) is 0 Å². The smallest absolute Gasteiger partial charge is 0.329 e. The summed E-state index contributed by atoms with van der Waals surface area (Å²) in [6, 6.07) is 11.8. The highest BCUT2D eigenvalue weighted by Gasteiger charge is 2.17. The first-order chi connectivity index (χ1) is 14.5. The molecule has 1 aliphatic heterocycles. The number of fused-ring (bicyclic) bond motifs is 1. The number of H-pyrrole nitrogens is 1. The van der Waals surface area contributed by atoms with Gasteiger partial charge in [0.05, 0.1) is 30.7 Å². The molecule has 1 aliphatic rings. The maximum absolute atomic E-state index is 12.9. The molecule has 1 fully saturated rings. The highest BCUT2D eigenvalue weighted by Crippen LogP contribution is 2.14. The van der Waals surface area contributed by atoms with E-state index in [4.69, 9.17) is 9.47 Å². The Morgan fingerprint density at radius 3 is 2.73 bits per heavy atom. The molecule has 0 bridgehead atoms. The molecule has 2 aromatic carbocycles. The van der Waals surface area contributed by atoms with Crippen LogP contribution in [0.15, 0.2) is 52.1 Å². The number of aromatic nitrogens is 2. The van der Waals surface area contributed by atoms with Gasteiger partial charge < -0.3 is 19.8 Å². The molecular formula is C22H23N3O5. The van der Waals surface area contributed by atoms with Crippen LogP contribution in [0.2, 0.25) is 0 Å². The third-order valence-electron chi connectivity index (χ3n) is 5.26. The van der Waals surface area contributed by atoms with Gasteiger partial charge >= 0.3 is 5.69 Å². The van der Waals surface area contributed by atoms with Gasteiger partial charge in [0.2, 0.25) is 0 Å². The molecule has 3 aromatic rings. The molecule has 0 aliphatic carbocycles. The normalized spacial score (nSPS) is 16.0. The van der Waals surface area contributed by atoms with E-state index in [1.54, 1.807) is 43.5 Å². The molecule has 8 nitrogen and oxygen atoms in total. The van der Waals surface area contributed by atoms with Crippen molar-refractivity contribution in [3.8, 4) is 5.75 Å². The first-order valence-electron chi connectivity index (χ1n) is 9.85. The van der Waals surface area contributed by atoms with Crippen LogP contribution in [0.25, 0.3) is 10.9 Å². The number of nitrogens with one attached hydrogen (secondary N) is 2. The second-order valence-electron chi connectivity index (χ2n) is 7.27. The van der Waals surface area contributed by atoms with Crippen LogP contribution < -0.4 is 21.3 Å². The summed E-state index contributed by atoms with van der Waals surface area (Å²) in [5.41, 5.74) is 0.577. The molecule has 156 valence electrons. The Kier molecular flexibility index (Phi) is 5.67. The van der Waals surface area contributed by atoms with Gasteiger partial charge in [-0.1, -0.05) is 12.1 Å². The Labute approximate surface area is 172 Å². The van der Waals surface area contributed by atoms with Crippen LogP contribution in [0.3, 0.4) is 0 Å². The van der Waals surface area contributed by atoms with Gasteiger partial charge in [-0.3, -0.25) is 14.2 Å². The lowest BCUT2D eigenvalue weighted by Crippen LogP contribution is -2.35. The fraction of sp³-hybridized carbons (Fsp3) is 0.318. The zero-order valence-electron chi connectivity index (χ0n) is 16.6. The van der Waals surface area contributed by atoms with Crippen molar-refractivity contribution in [2.45, 2.75) is 25.5 Å². The first-order valence-corrected chi connectivity index (χ1v) is 9.85. The molecule has 0 saturated carbocycles. The molecule has 1 saturated heterocycles. The van der Waals surface area contributed by atoms with E-state index in [9.17, 15) is 14.4 Å². The second-order valence-corrected chi connectivity index (χ2v) is 7.27. The van der Waals surface area contributed by atoms with Crippen molar-refractivity contribution in [3.05, 3.63) is 74.4 Å². The highest BCUT2D eigenvalue weighted by atomic mass is 16.5. The second kappa shape index (κ2) is 8.54. The zero-order valence-corrected chi connectivity index (χ0v) is 16.6. The van der Waals surface area contributed by atoms with E-state index in [1.807, 2.05) is 0 Å². The van der Waals surface area contributed by atoms with E-state index in [1.165, 1.54) is 6.07 Å². The predicted molar refractivity (Wildman–Crippen MR) is 112 cm³/mol. The van der Waals surface area contributed by atoms with Crippen LogP contribution in [0.5, 0.6) is 5.75 Å². The summed E-state index contributed by atoms with van der Waals surface area (Å²) >= 11 is 0. The molecule has 1 aromatic heterocycles. The van der Waals surface area contributed by atoms with Gasteiger partial charge in [0.1, 0.15) is 5.75 Å². The van der Waals surface area contributed by atoms with Crippen molar-refractivity contribution in [1.82, 2.24) is 14.9 Å². The number of methoxy groups -OCH3 is 1.